The van der Waals surface area contributed by atoms with Gasteiger partial charge in [0.05, 0.1) is 20.3 Å². The van der Waals surface area contributed by atoms with E-state index in [4.69, 9.17) is 9.47 Å². The monoisotopic (exact) mass is 378 g/mol. The van der Waals surface area contributed by atoms with E-state index in [1.165, 1.54) is 0 Å². The molecule has 1 aliphatic rings. The van der Waals surface area contributed by atoms with Gasteiger partial charge in [-0.3, -0.25) is 9.69 Å². The summed E-state index contributed by atoms with van der Waals surface area (Å²) in [5.41, 5.74) is 3.33. The molecule has 0 radical (unpaired) electrons. The second-order valence-electron chi connectivity index (χ2n) is 7.17. The molecule has 0 atom stereocenters. The summed E-state index contributed by atoms with van der Waals surface area (Å²) in [7, 11) is 3.54. The standard InChI is InChI=1S/C23H26N2O3/c1-24-21(10-11-25-12-14-28-15-13-25)22(17-6-4-3-5-7-17)20-16-18(27-2)8-9-19(20)23(24)26/h3-9,16H,10-15H2,1-2H3. The summed E-state index contributed by atoms with van der Waals surface area (Å²) in [5, 5.41) is 1.67. The van der Waals surface area contributed by atoms with E-state index in [0.717, 1.165) is 72.6 Å². The van der Waals surface area contributed by atoms with Crippen LogP contribution in [0.25, 0.3) is 21.9 Å². The fraction of sp³-hybridized carbons (Fsp3) is 0.348. The Morgan fingerprint density at radius 1 is 1.04 bits per heavy atom. The maximum Gasteiger partial charge on any atom is 0.258 e. The third-order valence-electron chi connectivity index (χ3n) is 5.56. The molecule has 2 aromatic carbocycles. The van der Waals surface area contributed by atoms with Crippen molar-refractivity contribution in [1.29, 1.82) is 0 Å². The quantitative estimate of drug-likeness (QED) is 0.684. The predicted octanol–water partition coefficient (Wildman–Crippen LogP) is 3.09. The van der Waals surface area contributed by atoms with Gasteiger partial charge in [-0.1, -0.05) is 30.3 Å². The van der Waals surface area contributed by atoms with Gasteiger partial charge in [0.15, 0.2) is 0 Å². The lowest BCUT2D eigenvalue weighted by Gasteiger charge is -2.27. The average molecular weight is 378 g/mol. The highest BCUT2D eigenvalue weighted by atomic mass is 16.5. The Hall–Kier alpha value is -2.63. The summed E-state index contributed by atoms with van der Waals surface area (Å²) in [5.74, 6) is 0.761. The molecule has 1 fully saturated rings. The van der Waals surface area contributed by atoms with E-state index < -0.39 is 0 Å². The van der Waals surface area contributed by atoms with Crippen molar-refractivity contribution in [1.82, 2.24) is 9.47 Å². The van der Waals surface area contributed by atoms with Gasteiger partial charge >= 0.3 is 0 Å². The van der Waals surface area contributed by atoms with Crippen LogP contribution in [-0.4, -0.2) is 49.4 Å². The zero-order valence-electron chi connectivity index (χ0n) is 16.5. The number of nitrogens with zero attached hydrogens (tertiary/aromatic N) is 2. The number of ether oxygens (including phenoxy) is 2. The van der Waals surface area contributed by atoms with Gasteiger partial charge in [0.2, 0.25) is 0 Å². The summed E-state index contributed by atoms with van der Waals surface area (Å²) in [6.07, 6.45) is 0.809. The summed E-state index contributed by atoms with van der Waals surface area (Å²) < 4.78 is 12.7. The van der Waals surface area contributed by atoms with Crippen LogP contribution >= 0.6 is 0 Å². The second kappa shape index (κ2) is 8.17. The molecule has 28 heavy (non-hydrogen) atoms. The Balaban J connectivity index is 1.88. The molecule has 0 unspecified atom stereocenters. The van der Waals surface area contributed by atoms with Gasteiger partial charge in [0, 0.05) is 55.1 Å². The van der Waals surface area contributed by atoms with Crippen molar-refractivity contribution >= 4 is 10.8 Å². The molecule has 4 rings (SSSR count). The molecule has 3 aromatic rings. The van der Waals surface area contributed by atoms with Crippen LogP contribution in [0, 0.1) is 0 Å². The van der Waals surface area contributed by atoms with Gasteiger partial charge in [0.25, 0.3) is 5.56 Å². The molecule has 1 saturated heterocycles. The minimum atomic E-state index is 0.0364. The Morgan fingerprint density at radius 2 is 1.79 bits per heavy atom. The lowest BCUT2D eigenvalue weighted by molar-refractivity contribution is 0.0383. The summed E-state index contributed by atoms with van der Waals surface area (Å²) in [6.45, 7) is 4.34. The van der Waals surface area contributed by atoms with E-state index in [1.54, 1.807) is 7.11 Å². The van der Waals surface area contributed by atoms with Crippen LogP contribution in [0.15, 0.2) is 53.3 Å². The molecule has 1 aromatic heterocycles. The minimum Gasteiger partial charge on any atom is -0.497 e. The van der Waals surface area contributed by atoms with Crippen molar-refractivity contribution in [2.45, 2.75) is 6.42 Å². The fourth-order valence-corrected chi connectivity index (χ4v) is 3.98. The number of fused-ring (bicyclic) bond motifs is 1. The molecule has 146 valence electrons. The largest absolute Gasteiger partial charge is 0.497 e. The lowest BCUT2D eigenvalue weighted by Crippen LogP contribution is -2.38. The first kappa shape index (κ1) is 18.7. The molecule has 0 aliphatic carbocycles. The van der Waals surface area contributed by atoms with E-state index in [-0.39, 0.29) is 5.56 Å². The van der Waals surface area contributed by atoms with Crippen molar-refractivity contribution in [2.75, 3.05) is 40.0 Å². The molecule has 0 spiro atoms. The molecule has 2 heterocycles. The first-order valence-electron chi connectivity index (χ1n) is 9.74. The maximum absolute atomic E-state index is 13.1. The van der Waals surface area contributed by atoms with Crippen LogP contribution in [0.2, 0.25) is 0 Å². The van der Waals surface area contributed by atoms with E-state index in [2.05, 4.69) is 17.0 Å². The van der Waals surface area contributed by atoms with E-state index >= 15 is 0 Å². The predicted molar refractivity (Wildman–Crippen MR) is 112 cm³/mol. The normalized spacial score (nSPS) is 15.1. The summed E-state index contributed by atoms with van der Waals surface area (Å²) in [4.78, 5) is 15.5. The van der Waals surface area contributed by atoms with Crippen LogP contribution in [0.3, 0.4) is 0 Å². The van der Waals surface area contributed by atoms with Crippen LogP contribution in [-0.2, 0) is 18.2 Å². The third-order valence-corrected chi connectivity index (χ3v) is 5.56. The molecular weight excluding hydrogens is 352 g/mol. The Morgan fingerprint density at radius 3 is 2.50 bits per heavy atom. The van der Waals surface area contributed by atoms with Crippen molar-refractivity contribution in [3.63, 3.8) is 0 Å². The zero-order chi connectivity index (χ0) is 19.5. The molecule has 0 bridgehead atoms. The SMILES string of the molecule is COc1ccc2c(=O)n(C)c(CCN3CCOCC3)c(-c3ccccc3)c2c1. The number of pyridine rings is 1. The molecule has 0 amide bonds. The number of rotatable bonds is 5. The fourth-order valence-electron chi connectivity index (χ4n) is 3.98. The Bertz CT molecular complexity index is 1020. The summed E-state index contributed by atoms with van der Waals surface area (Å²) >= 11 is 0. The van der Waals surface area contributed by atoms with Gasteiger partial charge in [0.1, 0.15) is 5.75 Å². The van der Waals surface area contributed by atoms with Crippen molar-refractivity contribution in [3.8, 4) is 16.9 Å². The van der Waals surface area contributed by atoms with Gasteiger partial charge in [-0.2, -0.15) is 0 Å². The maximum atomic E-state index is 13.1. The second-order valence-corrected chi connectivity index (χ2v) is 7.17. The number of aromatic nitrogens is 1. The lowest BCUT2D eigenvalue weighted by atomic mass is 9.95. The number of benzene rings is 2. The van der Waals surface area contributed by atoms with Crippen molar-refractivity contribution in [2.24, 2.45) is 7.05 Å². The number of hydrogen-bond donors (Lipinski definition) is 0. The van der Waals surface area contributed by atoms with Crippen LogP contribution in [0.4, 0.5) is 0 Å². The van der Waals surface area contributed by atoms with E-state index in [0.29, 0.717) is 0 Å². The molecule has 1 aliphatic heterocycles. The molecule has 0 saturated carbocycles. The van der Waals surface area contributed by atoms with E-state index in [1.807, 2.05) is 48.0 Å². The molecule has 5 nitrogen and oxygen atoms in total. The highest BCUT2D eigenvalue weighted by molar-refractivity contribution is 5.98. The zero-order valence-corrected chi connectivity index (χ0v) is 16.5. The molecular formula is C23H26N2O3. The first-order chi connectivity index (χ1) is 13.7. The van der Waals surface area contributed by atoms with Gasteiger partial charge in [-0.15, -0.1) is 0 Å². The molecule has 0 N–H and O–H groups in total. The number of methoxy groups -OCH3 is 1. The number of morpholine rings is 1. The minimum absolute atomic E-state index is 0.0364. The number of hydrogen-bond acceptors (Lipinski definition) is 4. The van der Waals surface area contributed by atoms with Crippen LogP contribution < -0.4 is 10.3 Å². The van der Waals surface area contributed by atoms with Crippen LogP contribution in [0.5, 0.6) is 5.75 Å². The highest BCUT2D eigenvalue weighted by Gasteiger charge is 2.18. The Labute approximate surface area is 165 Å². The Kier molecular flexibility index (Phi) is 5.46. The average Bonchev–Trinajstić information content (AvgIpc) is 2.76. The third kappa shape index (κ3) is 3.55. The van der Waals surface area contributed by atoms with Crippen LogP contribution in [0.1, 0.15) is 5.69 Å². The van der Waals surface area contributed by atoms with Crippen molar-refractivity contribution < 1.29 is 9.47 Å². The topological polar surface area (TPSA) is 43.7 Å². The molecule has 5 heteroatoms. The van der Waals surface area contributed by atoms with Gasteiger partial charge in [-0.05, 0) is 23.8 Å². The highest BCUT2D eigenvalue weighted by Crippen LogP contribution is 2.33. The van der Waals surface area contributed by atoms with E-state index in [9.17, 15) is 4.79 Å². The smallest absolute Gasteiger partial charge is 0.258 e. The van der Waals surface area contributed by atoms with Crippen molar-refractivity contribution in [3.05, 3.63) is 64.6 Å². The first-order valence-corrected chi connectivity index (χ1v) is 9.74. The van der Waals surface area contributed by atoms with Gasteiger partial charge in [-0.25, -0.2) is 0 Å². The van der Waals surface area contributed by atoms with Gasteiger partial charge < -0.3 is 14.0 Å². The summed E-state index contributed by atoms with van der Waals surface area (Å²) in [6, 6.07) is 16.0.